The van der Waals surface area contributed by atoms with Crippen LogP contribution >= 0.6 is 0 Å². The van der Waals surface area contributed by atoms with Gasteiger partial charge < -0.3 is 24.6 Å². The normalized spacial score (nSPS) is 41.4. The van der Waals surface area contributed by atoms with Crippen LogP contribution in [0.4, 0.5) is 5.69 Å². The van der Waals surface area contributed by atoms with Gasteiger partial charge in [-0.1, -0.05) is 38.8 Å². The Labute approximate surface area is 237 Å². The van der Waals surface area contributed by atoms with Crippen molar-refractivity contribution in [1.29, 1.82) is 0 Å². The maximum Gasteiger partial charge on any atom is 0.205 e. The minimum absolute atomic E-state index is 0.0150. The number of hydrogen-bond acceptors (Lipinski definition) is 7. The number of aliphatic hydroxyl groups excluding tert-OH is 1. The average Bonchev–Trinajstić information content (AvgIpc) is 3.40. The minimum atomic E-state index is -1.16. The Hall–Kier alpha value is -2.48. The predicted molar refractivity (Wildman–Crippen MR) is 152 cm³/mol. The number of allylic oxidation sites excluding steroid dienone is 4. The summed E-state index contributed by atoms with van der Waals surface area (Å²) in [5.41, 5.74) is 0.00516. The summed E-state index contributed by atoms with van der Waals surface area (Å²) >= 11 is 0. The fourth-order valence-electron chi connectivity index (χ4n) is 9.13. The second kappa shape index (κ2) is 10.1. The van der Waals surface area contributed by atoms with Crippen LogP contribution < -0.4 is 10.1 Å². The van der Waals surface area contributed by atoms with Crippen molar-refractivity contribution in [3.05, 3.63) is 48.1 Å². The third kappa shape index (κ3) is 4.03. The number of hydrogen-bond donors (Lipinski definition) is 2. The molecule has 0 radical (unpaired) electrons. The molecule has 4 fully saturated rings. The molecule has 1 aliphatic heterocycles. The standard InChI is InChI=1S/C33H43NO6/c1-5-7-29-39-28-17-25-24-13-8-20-16-22(35)14-15-31(20,3)30(24)26(36)18-32(25,4)33(28,40-29)27(37)19-38-23-11-9-21(10-12-23)34-6-2/h9-12,14-16,24-26,28-30,34,36H,5-8,13,17-19H2,1-4H3/t24-,25-,26-,28+,29+,30+,31-,32-,33+/m0/s1. The Morgan fingerprint density at radius 1 is 1.20 bits per heavy atom. The van der Waals surface area contributed by atoms with Gasteiger partial charge in [0.15, 0.2) is 17.7 Å². The fraction of sp³-hybridized carbons (Fsp3) is 0.636. The van der Waals surface area contributed by atoms with E-state index < -0.39 is 23.4 Å². The van der Waals surface area contributed by atoms with E-state index in [0.717, 1.165) is 49.9 Å². The van der Waals surface area contributed by atoms with Crippen LogP contribution in [0, 0.1) is 28.6 Å². The molecule has 6 rings (SSSR count). The van der Waals surface area contributed by atoms with Crippen molar-refractivity contribution in [1.82, 2.24) is 0 Å². The van der Waals surface area contributed by atoms with Crippen molar-refractivity contribution in [3.63, 3.8) is 0 Å². The summed E-state index contributed by atoms with van der Waals surface area (Å²) in [6.45, 7) is 9.17. The quantitative estimate of drug-likeness (QED) is 0.458. The Bertz CT molecular complexity index is 1220. The molecule has 2 N–H and O–H groups in total. The Balaban J connectivity index is 1.30. The van der Waals surface area contributed by atoms with E-state index in [-0.39, 0.29) is 47.4 Å². The van der Waals surface area contributed by atoms with E-state index in [1.54, 1.807) is 12.2 Å². The van der Waals surface area contributed by atoms with E-state index in [9.17, 15) is 14.7 Å². The van der Waals surface area contributed by atoms with Crippen LogP contribution in [0.1, 0.15) is 66.2 Å². The number of benzene rings is 1. The maximum absolute atomic E-state index is 14.3. The van der Waals surface area contributed by atoms with Gasteiger partial charge in [-0.2, -0.15) is 0 Å². The zero-order valence-corrected chi connectivity index (χ0v) is 24.2. The zero-order valence-electron chi connectivity index (χ0n) is 24.2. The first kappa shape index (κ1) is 27.7. The highest BCUT2D eigenvalue weighted by Gasteiger charge is 2.75. The van der Waals surface area contributed by atoms with E-state index in [2.05, 4.69) is 26.1 Å². The number of nitrogens with one attached hydrogen (secondary N) is 1. The molecule has 1 saturated heterocycles. The summed E-state index contributed by atoms with van der Waals surface area (Å²) in [6.07, 6.45) is 8.51. The molecule has 0 aromatic heterocycles. The maximum atomic E-state index is 14.3. The number of fused-ring (bicyclic) bond motifs is 7. The number of aliphatic hydroxyl groups is 1. The number of carbonyl (C=O) groups excluding carboxylic acids is 2. The Morgan fingerprint density at radius 2 is 1.98 bits per heavy atom. The lowest BCUT2D eigenvalue weighted by Gasteiger charge is -2.59. The first-order chi connectivity index (χ1) is 19.2. The van der Waals surface area contributed by atoms with E-state index in [1.807, 2.05) is 37.3 Å². The number of anilines is 1. The van der Waals surface area contributed by atoms with E-state index in [4.69, 9.17) is 14.2 Å². The van der Waals surface area contributed by atoms with Gasteiger partial charge in [-0.25, -0.2) is 0 Å². The highest BCUT2D eigenvalue weighted by Crippen LogP contribution is 2.69. The number of ether oxygens (including phenoxy) is 3. The van der Waals surface area contributed by atoms with Crippen LogP contribution in [0.5, 0.6) is 5.75 Å². The molecular formula is C33H43NO6. The summed E-state index contributed by atoms with van der Waals surface area (Å²) in [6, 6.07) is 7.63. The van der Waals surface area contributed by atoms with Crippen molar-refractivity contribution < 1.29 is 28.9 Å². The zero-order chi connectivity index (χ0) is 28.3. The molecular weight excluding hydrogens is 506 g/mol. The lowest BCUT2D eigenvalue weighted by molar-refractivity contribution is -0.200. The third-order valence-corrected chi connectivity index (χ3v) is 10.8. The van der Waals surface area contributed by atoms with Crippen LogP contribution in [0.2, 0.25) is 0 Å². The molecule has 7 heteroatoms. The molecule has 1 aromatic carbocycles. The predicted octanol–water partition coefficient (Wildman–Crippen LogP) is 5.24. The largest absolute Gasteiger partial charge is 0.486 e. The highest BCUT2D eigenvalue weighted by molar-refractivity contribution is 6.01. The van der Waals surface area contributed by atoms with Crippen molar-refractivity contribution in [2.45, 2.75) is 90.3 Å². The summed E-state index contributed by atoms with van der Waals surface area (Å²) in [4.78, 5) is 26.5. The van der Waals surface area contributed by atoms with Gasteiger partial charge in [0.25, 0.3) is 0 Å². The summed E-state index contributed by atoms with van der Waals surface area (Å²) in [7, 11) is 0. The summed E-state index contributed by atoms with van der Waals surface area (Å²) in [5.74, 6) is 0.892. The number of ketones is 2. The third-order valence-electron chi connectivity index (χ3n) is 10.8. The van der Waals surface area contributed by atoms with E-state index in [0.29, 0.717) is 12.2 Å². The molecule has 1 aromatic rings. The number of Topliss-reactive ketones (excluding diaryl/α,β-unsaturated/α-hetero) is 1. The van der Waals surface area contributed by atoms with Crippen LogP contribution in [-0.2, 0) is 19.1 Å². The van der Waals surface area contributed by atoms with Gasteiger partial charge in [0.1, 0.15) is 12.4 Å². The Kier molecular flexibility index (Phi) is 6.99. The van der Waals surface area contributed by atoms with Crippen LogP contribution in [0.3, 0.4) is 0 Å². The molecule has 4 aliphatic carbocycles. The number of rotatable bonds is 8. The lowest BCUT2D eigenvalue weighted by atomic mass is 9.46. The average molecular weight is 550 g/mol. The fourth-order valence-corrected chi connectivity index (χ4v) is 9.13. The van der Waals surface area contributed by atoms with Crippen LogP contribution in [0.25, 0.3) is 0 Å². The van der Waals surface area contributed by atoms with Gasteiger partial charge in [0.2, 0.25) is 5.78 Å². The van der Waals surface area contributed by atoms with E-state index >= 15 is 0 Å². The molecule has 0 unspecified atom stereocenters. The molecule has 216 valence electrons. The van der Waals surface area contributed by atoms with Crippen LogP contribution in [-0.4, -0.2) is 53.9 Å². The first-order valence-electron chi connectivity index (χ1n) is 15.1. The second-order valence-electron chi connectivity index (χ2n) is 12.9. The number of carbonyl (C=O) groups is 2. The van der Waals surface area contributed by atoms with Crippen molar-refractivity contribution >= 4 is 17.3 Å². The van der Waals surface area contributed by atoms with Gasteiger partial charge in [0, 0.05) is 29.0 Å². The summed E-state index contributed by atoms with van der Waals surface area (Å²) < 4.78 is 19.3. The smallest absolute Gasteiger partial charge is 0.205 e. The van der Waals surface area contributed by atoms with Gasteiger partial charge >= 0.3 is 0 Å². The lowest BCUT2D eigenvalue weighted by Crippen LogP contribution is -2.63. The molecule has 0 bridgehead atoms. The molecule has 9 atom stereocenters. The van der Waals surface area contributed by atoms with Gasteiger partial charge in [-0.05, 0) is 87.3 Å². The van der Waals surface area contributed by atoms with Gasteiger partial charge in [-0.15, -0.1) is 0 Å². The Morgan fingerprint density at radius 3 is 2.70 bits per heavy atom. The summed E-state index contributed by atoms with van der Waals surface area (Å²) in [5, 5.41) is 15.1. The van der Waals surface area contributed by atoms with Crippen LogP contribution in [0.15, 0.2) is 48.1 Å². The first-order valence-corrected chi connectivity index (χ1v) is 15.1. The molecule has 0 spiro atoms. The van der Waals surface area contributed by atoms with Gasteiger partial charge in [-0.3, -0.25) is 9.59 Å². The van der Waals surface area contributed by atoms with Crippen molar-refractivity contribution in [2.75, 3.05) is 18.5 Å². The monoisotopic (exact) mass is 549 g/mol. The van der Waals surface area contributed by atoms with Crippen molar-refractivity contribution in [2.24, 2.45) is 28.6 Å². The molecule has 40 heavy (non-hydrogen) atoms. The SMILES string of the molecule is CCC[C@@H]1O[C@@H]2C[C@H]3[C@@H]4CCC5=CC(=O)C=C[C@]5(C)[C@H]4[C@@H](O)C[C@]3(C)[C@]2(C(=O)COc2ccc(NCC)cc2)O1. The van der Waals surface area contributed by atoms with Gasteiger partial charge in [0.05, 0.1) is 12.2 Å². The topological polar surface area (TPSA) is 94.1 Å². The molecule has 0 amide bonds. The molecule has 1 heterocycles. The van der Waals surface area contributed by atoms with E-state index in [1.165, 1.54) is 0 Å². The minimum Gasteiger partial charge on any atom is -0.486 e. The molecule has 7 nitrogen and oxygen atoms in total. The molecule has 5 aliphatic rings. The highest BCUT2D eigenvalue weighted by atomic mass is 16.7. The van der Waals surface area contributed by atoms with Crippen molar-refractivity contribution in [3.8, 4) is 5.75 Å². The molecule has 3 saturated carbocycles. The second-order valence-corrected chi connectivity index (χ2v) is 12.9.